The standard InChI is InChI=1S/C23H18ClN3O5S/c1-3-32-22(29)19-13(2)25-23-26(20(19)15-8-6-9-16(11-15)27(30)31)21(28)18(33-23)12-14-7-4-5-10-17(14)24/h4-12,20H,3H2,1-2H3. The minimum absolute atomic E-state index is 0.133. The van der Waals surface area contributed by atoms with Gasteiger partial charge in [-0.2, -0.15) is 0 Å². The molecule has 0 fully saturated rings. The van der Waals surface area contributed by atoms with Crippen LogP contribution in [0.4, 0.5) is 5.69 Å². The van der Waals surface area contributed by atoms with Crippen molar-refractivity contribution in [3.8, 4) is 0 Å². The zero-order valence-corrected chi connectivity index (χ0v) is 19.2. The molecule has 0 aliphatic carbocycles. The van der Waals surface area contributed by atoms with Crippen LogP contribution in [0.5, 0.6) is 0 Å². The summed E-state index contributed by atoms with van der Waals surface area (Å²) in [7, 11) is 0. The smallest absolute Gasteiger partial charge is 0.338 e. The first kappa shape index (κ1) is 22.6. The third-order valence-electron chi connectivity index (χ3n) is 5.11. The van der Waals surface area contributed by atoms with Crippen LogP contribution in [-0.2, 0) is 9.53 Å². The molecule has 168 valence electrons. The number of hydrogen-bond donors (Lipinski definition) is 0. The summed E-state index contributed by atoms with van der Waals surface area (Å²) in [5.74, 6) is -0.629. The molecule has 1 aromatic heterocycles. The average Bonchev–Trinajstić information content (AvgIpc) is 3.09. The van der Waals surface area contributed by atoms with E-state index in [-0.39, 0.29) is 23.4 Å². The summed E-state index contributed by atoms with van der Waals surface area (Å²) >= 11 is 7.41. The second-order valence-corrected chi connectivity index (χ2v) is 8.59. The summed E-state index contributed by atoms with van der Waals surface area (Å²) < 4.78 is 6.98. The lowest BCUT2D eigenvalue weighted by Crippen LogP contribution is -2.40. The summed E-state index contributed by atoms with van der Waals surface area (Å²) in [4.78, 5) is 42.1. The van der Waals surface area contributed by atoms with Gasteiger partial charge in [0, 0.05) is 17.2 Å². The van der Waals surface area contributed by atoms with Gasteiger partial charge in [-0.15, -0.1) is 0 Å². The van der Waals surface area contributed by atoms with E-state index in [1.807, 2.05) is 6.07 Å². The van der Waals surface area contributed by atoms with E-state index in [0.717, 1.165) is 11.3 Å². The summed E-state index contributed by atoms with van der Waals surface area (Å²) in [5, 5.41) is 11.9. The molecule has 4 rings (SSSR count). The van der Waals surface area contributed by atoms with Crippen molar-refractivity contribution in [3.05, 3.63) is 106 Å². The van der Waals surface area contributed by atoms with Crippen LogP contribution in [0.1, 0.15) is 31.0 Å². The summed E-state index contributed by atoms with van der Waals surface area (Å²) in [6.07, 6.45) is 1.67. The van der Waals surface area contributed by atoms with E-state index in [4.69, 9.17) is 16.3 Å². The molecular weight excluding hydrogens is 466 g/mol. The van der Waals surface area contributed by atoms with E-state index in [0.29, 0.717) is 31.2 Å². The Morgan fingerprint density at radius 1 is 1.30 bits per heavy atom. The van der Waals surface area contributed by atoms with Crippen molar-refractivity contribution in [1.29, 1.82) is 0 Å². The lowest BCUT2D eigenvalue weighted by molar-refractivity contribution is -0.384. The summed E-state index contributed by atoms with van der Waals surface area (Å²) in [6, 6.07) is 12.1. The zero-order valence-electron chi connectivity index (χ0n) is 17.6. The number of aromatic nitrogens is 1. The van der Waals surface area contributed by atoms with Gasteiger partial charge in [0.15, 0.2) is 4.80 Å². The number of allylic oxidation sites excluding steroid dienone is 1. The molecule has 0 N–H and O–H groups in total. The maximum Gasteiger partial charge on any atom is 0.338 e. The van der Waals surface area contributed by atoms with Crippen molar-refractivity contribution in [2.75, 3.05) is 6.61 Å². The number of nitro groups is 1. The average molecular weight is 484 g/mol. The number of non-ortho nitro benzene ring substituents is 1. The third-order valence-corrected chi connectivity index (χ3v) is 6.43. The number of nitro benzene ring substituents is 1. The Balaban J connectivity index is 1.99. The van der Waals surface area contributed by atoms with Gasteiger partial charge in [-0.05, 0) is 37.1 Å². The minimum atomic E-state index is -0.923. The Hall–Kier alpha value is -3.56. The number of nitrogens with zero attached hydrogens (tertiary/aromatic N) is 3. The number of ether oxygens (including phenoxy) is 1. The van der Waals surface area contributed by atoms with Crippen molar-refractivity contribution >= 4 is 40.7 Å². The first-order chi connectivity index (χ1) is 15.8. The van der Waals surface area contributed by atoms with Crippen molar-refractivity contribution in [2.24, 2.45) is 4.99 Å². The molecule has 1 unspecified atom stereocenters. The highest BCUT2D eigenvalue weighted by atomic mass is 35.5. The van der Waals surface area contributed by atoms with Gasteiger partial charge in [0.05, 0.1) is 33.4 Å². The molecule has 8 nitrogen and oxygen atoms in total. The number of rotatable bonds is 5. The molecule has 10 heteroatoms. The first-order valence-electron chi connectivity index (χ1n) is 10.0. The normalized spacial score (nSPS) is 15.7. The van der Waals surface area contributed by atoms with Crippen molar-refractivity contribution in [1.82, 2.24) is 4.57 Å². The van der Waals surface area contributed by atoms with Crippen LogP contribution in [0.2, 0.25) is 5.02 Å². The lowest BCUT2D eigenvalue weighted by Gasteiger charge is -2.24. The van der Waals surface area contributed by atoms with Gasteiger partial charge < -0.3 is 4.74 Å². The molecule has 1 aliphatic rings. The molecule has 0 bridgehead atoms. The van der Waals surface area contributed by atoms with Crippen LogP contribution >= 0.6 is 22.9 Å². The highest BCUT2D eigenvalue weighted by molar-refractivity contribution is 7.07. The van der Waals surface area contributed by atoms with Gasteiger partial charge >= 0.3 is 5.97 Å². The molecule has 2 aromatic carbocycles. The molecule has 2 heterocycles. The quantitative estimate of drug-likeness (QED) is 0.314. The van der Waals surface area contributed by atoms with Crippen LogP contribution in [0, 0.1) is 10.1 Å². The molecule has 1 atom stereocenters. The number of hydrogen-bond acceptors (Lipinski definition) is 7. The molecule has 3 aromatic rings. The van der Waals surface area contributed by atoms with Crippen LogP contribution < -0.4 is 14.9 Å². The van der Waals surface area contributed by atoms with E-state index >= 15 is 0 Å². The Labute approximate surface area is 196 Å². The monoisotopic (exact) mass is 483 g/mol. The van der Waals surface area contributed by atoms with E-state index in [2.05, 4.69) is 4.99 Å². The van der Waals surface area contributed by atoms with Crippen molar-refractivity contribution in [2.45, 2.75) is 19.9 Å². The van der Waals surface area contributed by atoms with Crippen molar-refractivity contribution in [3.63, 3.8) is 0 Å². The van der Waals surface area contributed by atoms with E-state index in [9.17, 15) is 19.7 Å². The van der Waals surface area contributed by atoms with Gasteiger partial charge in [0.2, 0.25) is 0 Å². The highest BCUT2D eigenvalue weighted by Gasteiger charge is 2.34. The number of thiazole rings is 1. The number of carbonyl (C=O) groups excluding carboxylic acids is 1. The van der Waals surface area contributed by atoms with E-state index in [1.165, 1.54) is 22.8 Å². The Bertz CT molecular complexity index is 1490. The Kier molecular flexibility index (Phi) is 6.26. The molecule has 1 aliphatic heterocycles. The number of carbonyl (C=O) groups is 1. The summed E-state index contributed by atoms with van der Waals surface area (Å²) in [6.45, 7) is 3.46. The third kappa shape index (κ3) is 4.24. The fourth-order valence-electron chi connectivity index (χ4n) is 3.65. The molecular formula is C23H18ClN3O5S. The predicted molar refractivity (Wildman–Crippen MR) is 125 cm³/mol. The number of fused-ring (bicyclic) bond motifs is 1. The van der Waals surface area contributed by atoms with E-state index in [1.54, 1.807) is 44.2 Å². The number of benzene rings is 2. The minimum Gasteiger partial charge on any atom is -0.463 e. The SMILES string of the molecule is CCOC(=O)C1=C(C)N=c2sc(=Cc3ccccc3Cl)c(=O)n2C1c1cccc([N+](=O)[O-])c1. The molecule has 0 amide bonds. The van der Waals surface area contributed by atoms with Gasteiger partial charge in [-0.3, -0.25) is 19.5 Å². The van der Waals surface area contributed by atoms with Gasteiger partial charge in [0.1, 0.15) is 0 Å². The number of halogens is 1. The van der Waals surface area contributed by atoms with Gasteiger partial charge in [-0.25, -0.2) is 9.79 Å². The van der Waals surface area contributed by atoms with Crippen LogP contribution in [0.25, 0.3) is 6.08 Å². The van der Waals surface area contributed by atoms with Crippen LogP contribution in [0.15, 0.2) is 69.6 Å². The highest BCUT2D eigenvalue weighted by Crippen LogP contribution is 2.32. The molecule has 0 saturated carbocycles. The zero-order chi connectivity index (χ0) is 23.7. The topological polar surface area (TPSA) is 104 Å². The molecule has 0 saturated heterocycles. The van der Waals surface area contributed by atoms with E-state index < -0.39 is 16.9 Å². The molecule has 33 heavy (non-hydrogen) atoms. The largest absolute Gasteiger partial charge is 0.463 e. The van der Waals surface area contributed by atoms with Gasteiger partial charge in [-0.1, -0.05) is 53.3 Å². The lowest BCUT2D eigenvalue weighted by atomic mass is 9.95. The Morgan fingerprint density at radius 3 is 2.76 bits per heavy atom. The Morgan fingerprint density at radius 2 is 2.06 bits per heavy atom. The van der Waals surface area contributed by atoms with Crippen LogP contribution in [0.3, 0.4) is 0 Å². The second kappa shape index (κ2) is 9.13. The first-order valence-corrected chi connectivity index (χ1v) is 11.2. The summed E-state index contributed by atoms with van der Waals surface area (Å²) in [5.41, 5.74) is 1.09. The molecule has 0 radical (unpaired) electrons. The fraction of sp³-hybridized carbons (Fsp3) is 0.174. The second-order valence-electron chi connectivity index (χ2n) is 7.18. The number of esters is 1. The van der Waals surface area contributed by atoms with Crippen LogP contribution in [-0.4, -0.2) is 22.1 Å². The van der Waals surface area contributed by atoms with Gasteiger partial charge in [0.25, 0.3) is 11.2 Å². The predicted octanol–water partition coefficient (Wildman–Crippen LogP) is 3.36. The molecule has 0 spiro atoms. The fourth-order valence-corrected chi connectivity index (χ4v) is 4.88. The maximum atomic E-state index is 13.5. The van der Waals surface area contributed by atoms with Crippen molar-refractivity contribution < 1.29 is 14.5 Å². The maximum absolute atomic E-state index is 13.5.